The second kappa shape index (κ2) is 10.3. The Balaban J connectivity index is 1.26. The average Bonchev–Trinajstić information content (AvgIpc) is 3.42. The van der Waals surface area contributed by atoms with Crippen LogP contribution in [0.4, 0.5) is 0 Å². The molecular weight excluding hydrogens is 378 g/mol. The highest BCUT2D eigenvalue weighted by Gasteiger charge is 2.41. The molecule has 3 aliphatic rings. The van der Waals surface area contributed by atoms with Gasteiger partial charge in [0.1, 0.15) is 0 Å². The Hall–Kier alpha value is -2.12. The summed E-state index contributed by atoms with van der Waals surface area (Å²) in [6, 6.07) is 11.4. The number of hydrogen-bond donors (Lipinski definition) is 2. The van der Waals surface area contributed by atoms with Gasteiger partial charge in [0.2, 0.25) is 5.91 Å². The number of nitrogens with zero attached hydrogens (tertiary/aromatic N) is 3. The topological polar surface area (TPSA) is 69.2 Å². The van der Waals surface area contributed by atoms with Gasteiger partial charge in [0, 0.05) is 52.2 Å². The molecule has 2 N–H and O–H groups in total. The molecule has 1 aromatic carbocycles. The molecule has 164 valence electrons. The van der Waals surface area contributed by atoms with Gasteiger partial charge in [-0.15, -0.1) is 0 Å². The van der Waals surface area contributed by atoms with Gasteiger partial charge >= 0.3 is 0 Å². The Morgan fingerprint density at radius 2 is 2.00 bits per heavy atom. The van der Waals surface area contributed by atoms with E-state index in [-0.39, 0.29) is 12.0 Å². The zero-order chi connectivity index (χ0) is 20.8. The van der Waals surface area contributed by atoms with E-state index in [4.69, 9.17) is 4.74 Å². The van der Waals surface area contributed by atoms with Gasteiger partial charge in [0.15, 0.2) is 5.96 Å². The molecule has 1 saturated carbocycles. The number of carbonyl (C=O) groups excluding carboxylic acids is 1. The van der Waals surface area contributed by atoms with Crippen molar-refractivity contribution in [3.05, 3.63) is 35.9 Å². The van der Waals surface area contributed by atoms with Crippen molar-refractivity contribution in [1.82, 2.24) is 20.4 Å². The lowest BCUT2D eigenvalue weighted by Crippen LogP contribution is -2.50. The smallest absolute Gasteiger partial charge is 0.221 e. The first-order valence-corrected chi connectivity index (χ1v) is 11.4. The predicted octanol–water partition coefficient (Wildman–Crippen LogP) is 1.60. The Kier molecular flexibility index (Phi) is 7.23. The number of nitrogens with one attached hydrogen (secondary N) is 2. The van der Waals surface area contributed by atoms with Crippen molar-refractivity contribution < 1.29 is 9.53 Å². The maximum atomic E-state index is 12.2. The second-order valence-corrected chi connectivity index (χ2v) is 8.61. The molecule has 30 heavy (non-hydrogen) atoms. The number of amides is 1. The number of aliphatic imine (C=N–C) groups is 1. The van der Waals surface area contributed by atoms with E-state index in [0.717, 1.165) is 51.6 Å². The predicted molar refractivity (Wildman–Crippen MR) is 118 cm³/mol. The molecule has 0 bridgehead atoms. The molecule has 2 aliphatic heterocycles. The van der Waals surface area contributed by atoms with Gasteiger partial charge < -0.3 is 20.3 Å². The fourth-order valence-corrected chi connectivity index (χ4v) is 4.94. The molecule has 0 radical (unpaired) electrons. The number of rotatable bonds is 6. The van der Waals surface area contributed by atoms with E-state index in [1.165, 1.54) is 18.4 Å². The van der Waals surface area contributed by atoms with Gasteiger partial charge in [-0.3, -0.25) is 14.7 Å². The maximum absolute atomic E-state index is 12.2. The molecule has 4 rings (SSSR count). The second-order valence-electron chi connectivity index (χ2n) is 8.61. The largest absolute Gasteiger partial charge is 0.373 e. The highest BCUT2D eigenvalue weighted by atomic mass is 16.5. The molecule has 2 saturated heterocycles. The summed E-state index contributed by atoms with van der Waals surface area (Å²) in [5, 5.41) is 6.53. The number of carbonyl (C=O) groups is 1. The number of hydrogen-bond acceptors (Lipinski definition) is 4. The van der Waals surface area contributed by atoms with E-state index in [0.29, 0.717) is 25.0 Å². The molecule has 2 atom stereocenters. The molecule has 3 fully saturated rings. The highest BCUT2D eigenvalue weighted by Crippen LogP contribution is 2.24. The summed E-state index contributed by atoms with van der Waals surface area (Å²) >= 11 is 0. The van der Waals surface area contributed by atoms with Crippen molar-refractivity contribution in [3.63, 3.8) is 0 Å². The van der Waals surface area contributed by atoms with Crippen LogP contribution in [0.25, 0.3) is 0 Å². The lowest BCUT2D eigenvalue weighted by atomic mass is 10.1. The van der Waals surface area contributed by atoms with E-state index in [2.05, 4.69) is 55.8 Å². The lowest BCUT2D eigenvalue weighted by molar-refractivity contribution is -0.121. The van der Waals surface area contributed by atoms with Crippen LogP contribution in [-0.4, -0.2) is 79.7 Å². The first-order valence-electron chi connectivity index (χ1n) is 11.4. The standard InChI is InChI=1S/C23H35N5O2/c1-24-23(25-12-11-22(29)26-19-9-5-6-10-19)28-16-20-21(17-28)30-14-13-27(20)15-18-7-3-2-4-8-18/h2-4,7-8,19-21H,5-6,9-17H2,1H3,(H,24,25)(H,26,29). The van der Waals surface area contributed by atoms with Gasteiger partial charge in [0.25, 0.3) is 0 Å². The number of ether oxygens (including phenoxy) is 1. The summed E-state index contributed by atoms with van der Waals surface area (Å²) < 4.78 is 6.08. The van der Waals surface area contributed by atoms with E-state index < -0.39 is 0 Å². The van der Waals surface area contributed by atoms with Crippen LogP contribution in [0.5, 0.6) is 0 Å². The molecule has 1 aromatic rings. The third-order valence-electron chi connectivity index (χ3n) is 6.51. The number of guanidine groups is 1. The molecule has 1 aliphatic carbocycles. The number of benzene rings is 1. The molecule has 0 aromatic heterocycles. The SMILES string of the molecule is CN=C(NCCC(=O)NC1CCCC1)N1CC2OCCN(Cc3ccccc3)C2C1. The van der Waals surface area contributed by atoms with Crippen LogP contribution in [0, 0.1) is 0 Å². The van der Waals surface area contributed by atoms with Crippen LogP contribution in [0.3, 0.4) is 0 Å². The van der Waals surface area contributed by atoms with Crippen LogP contribution in [-0.2, 0) is 16.1 Å². The summed E-state index contributed by atoms with van der Waals surface area (Å²) in [5.41, 5.74) is 1.34. The maximum Gasteiger partial charge on any atom is 0.221 e. The quantitative estimate of drug-likeness (QED) is 0.548. The van der Waals surface area contributed by atoms with Crippen molar-refractivity contribution in [1.29, 1.82) is 0 Å². The lowest BCUT2D eigenvalue weighted by Gasteiger charge is -2.36. The van der Waals surface area contributed by atoms with Gasteiger partial charge in [-0.2, -0.15) is 0 Å². The Morgan fingerprint density at radius 1 is 1.20 bits per heavy atom. The number of likely N-dealkylation sites (tertiary alicyclic amines) is 1. The summed E-state index contributed by atoms with van der Waals surface area (Å²) in [7, 11) is 1.81. The van der Waals surface area contributed by atoms with Gasteiger partial charge in [-0.05, 0) is 18.4 Å². The molecule has 0 spiro atoms. The van der Waals surface area contributed by atoms with Crippen molar-refractivity contribution in [3.8, 4) is 0 Å². The minimum Gasteiger partial charge on any atom is -0.373 e. The van der Waals surface area contributed by atoms with Crippen molar-refractivity contribution in [2.45, 2.75) is 56.8 Å². The summed E-state index contributed by atoms with van der Waals surface area (Å²) in [6.07, 6.45) is 5.39. The first-order chi connectivity index (χ1) is 14.7. The molecule has 1 amide bonds. The highest BCUT2D eigenvalue weighted by molar-refractivity contribution is 5.81. The molecular formula is C23H35N5O2. The van der Waals surface area contributed by atoms with Gasteiger partial charge in [0.05, 0.1) is 18.8 Å². The Bertz CT molecular complexity index is 720. The summed E-state index contributed by atoms with van der Waals surface area (Å²) in [5.74, 6) is 0.999. The minimum absolute atomic E-state index is 0.136. The van der Waals surface area contributed by atoms with Crippen LogP contribution in [0.15, 0.2) is 35.3 Å². The fourth-order valence-electron chi connectivity index (χ4n) is 4.94. The Labute approximate surface area is 179 Å². The summed E-state index contributed by atoms with van der Waals surface area (Å²) in [6.45, 7) is 5.01. The third-order valence-corrected chi connectivity index (χ3v) is 6.51. The zero-order valence-corrected chi connectivity index (χ0v) is 18.1. The first kappa shape index (κ1) is 21.1. The van der Waals surface area contributed by atoms with E-state index in [1.54, 1.807) is 0 Å². The monoisotopic (exact) mass is 413 g/mol. The van der Waals surface area contributed by atoms with E-state index in [1.807, 2.05) is 7.05 Å². The van der Waals surface area contributed by atoms with Crippen LogP contribution < -0.4 is 10.6 Å². The third kappa shape index (κ3) is 5.32. The van der Waals surface area contributed by atoms with Crippen molar-refractivity contribution >= 4 is 11.9 Å². The fraction of sp³-hybridized carbons (Fsp3) is 0.652. The molecule has 2 heterocycles. The van der Waals surface area contributed by atoms with E-state index >= 15 is 0 Å². The van der Waals surface area contributed by atoms with Crippen LogP contribution >= 0.6 is 0 Å². The van der Waals surface area contributed by atoms with E-state index in [9.17, 15) is 4.79 Å². The normalized spacial score (nSPS) is 25.4. The molecule has 7 nitrogen and oxygen atoms in total. The summed E-state index contributed by atoms with van der Waals surface area (Å²) in [4.78, 5) is 21.4. The average molecular weight is 414 g/mol. The molecule has 7 heteroatoms. The number of morpholine rings is 1. The number of fused-ring (bicyclic) bond motifs is 1. The Morgan fingerprint density at radius 3 is 2.77 bits per heavy atom. The van der Waals surface area contributed by atoms with Crippen molar-refractivity contribution in [2.75, 3.05) is 39.8 Å². The zero-order valence-electron chi connectivity index (χ0n) is 18.1. The van der Waals surface area contributed by atoms with Crippen LogP contribution in [0.2, 0.25) is 0 Å². The van der Waals surface area contributed by atoms with Gasteiger partial charge in [-0.1, -0.05) is 43.2 Å². The minimum atomic E-state index is 0.136. The molecule has 2 unspecified atom stereocenters. The van der Waals surface area contributed by atoms with Gasteiger partial charge in [-0.25, -0.2) is 0 Å². The van der Waals surface area contributed by atoms with Crippen LogP contribution in [0.1, 0.15) is 37.7 Å². The van der Waals surface area contributed by atoms with Crippen molar-refractivity contribution in [2.24, 2.45) is 4.99 Å².